The number of methoxy groups -OCH3 is 1. The Morgan fingerprint density at radius 1 is 1.07 bits per heavy atom. The molecule has 2 amide bonds. The molecule has 4 heterocycles. The third-order valence-corrected chi connectivity index (χ3v) is 10.1. The molecule has 1 spiro atoms. The summed E-state index contributed by atoms with van der Waals surface area (Å²) in [6.45, 7) is 4.29. The number of hydrogen-bond acceptors (Lipinski definition) is 7. The summed E-state index contributed by atoms with van der Waals surface area (Å²) in [5.74, 6) is 0.988. The van der Waals surface area contributed by atoms with Crippen molar-refractivity contribution in [3.05, 3.63) is 76.1 Å². The number of piperidine rings is 1. The van der Waals surface area contributed by atoms with Crippen molar-refractivity contribution in [1.82, 2.24) is 20.3 Å². The van der Waals surface area contributed by atoms with E-state index in [1.807, 2.05) is 47.4 Å². The van der Waals surface area contributed by atoms with E-state index in [9.17, 15) is 9.59 Å². The highest BCUT2D eigenvalue weighted by atomic mass is 35.5. The number of carbonyl (C=O) groups excluding carboxylic acids is 2. The summed E-state index contributed by atoms with van der Waals surface area (Å²) in [4.78, 5) is 32.7. The number of nitrogens with one attached hydrogen (secondary N) is 1. The number of anilines is 1. The summed E-state index contributed by atoms with van der Waals surface area (Å²) in [6, 6.07) is 15.3. The maximum atomic E-state index is 13.1. The highest BCUT2D eigenvalue weighted by molar-refractivity contribution is 6.42. The summed E-state index contributed by atoms with van der Waals surface area (Å²) >= 11 is 12.7. The SMILES string of the molecule is COc1cccc(N2CNC(=O)C23CCN(CCCC2(c4ccc(Cl)c(Cl)c4)CCN(C(=O)c4ccno4)C2)CC3)c1. The van der Waals surface area contributed by atoms with Gasteiger partial charge >= 0.3 is 0 Å². The van der Waals surface area contributed by atoms with Gasteiger partial charge in [0.05, 0.1) is 30.0 Å². The van der Waals surface area contributed by atoms with Crippen LogP contribution in [0.2, 0.25) is 10.0 Å². The first-order chi connectivity index (χ1) is 20.3. The molecule has 3 saturated heterocycles. The van der Waals surface area contributed by atoms with E-state index in [1.165, 1.54) is 6.20 Å². The van der Waals surface area contributed by atoms with Gasteiger partial charge in [-0.2, -0.15) is 0 Å². The summed E-state index contributed by atoms with van der Waals surface area (Å²) in [7, 11) is 1.66. The second-order valence-electron chi connectivity index (χ2n) is 11.5. The average Bonchev–Trinajstić information content (AvgIpc) is 3.76. The molecule has 42 heavy (non-hydrogen) atoms. The Labute approximate surface area is 255 Å². The van der Waals surface area contributed by atoms with Gasteiger partial charge in [-0.15, -0.1) is 0 Å². The second kappa shape index (κ2) is 11.8. The van der Waals surface area contributed by atoms with Crippen molar-refractivity contribution in [2.24, 2.45) is 0 Å². The minimum absolute atomic E-state index is 0.103. The first-order valence-corrected chi connectivity index (χ1v) is 15.2. The number of nitrogens with zero attached hydrogens (tertiary/aromatic N) is 4. The van der Waals surface area contributed by atoms with E-state index in [0.717, 1.165) is 68.7 Å². The fourth-order valence-corrected chi connectivity index (χ4v) is 7.23. The minimum Gasteiger partial charge on any atom is -0.497 e. The maximum Gasteiger partial charge on any atom is 0.292 e. The van der Waals surface area contributed by atoms with E-state index in [4.69, 9.17) is 32.5 Å². The summed E-state index contributed by atoms with van der Waals surface area (Å²) in [5, 5.41) is 7.82. The fourth-order valence-electron chi connectivity index (χ4n) is 6.93. The fraction of sp³-hybridized carbons (Fsp3) is 0.452. The zero-order valence-corrected chi connectivity index (χ0v) is 25.2. The average molecular weight is 613 g/mol. The van der Waals surface area contributed by atoms with Gasteiger partial charge in [-0.25, -0.2) is 0 Å². The number of hydrogen-bond donors (Lipinski definition) is 1. The number of carbonyl (C=O) groups is 2. The van der Waals surface area contributed by atoms with Crippen LogP contribution in [-0.2, 0) is 10.2 Å². The molecule has 6 rings (SSSR count). The van der Waals surface area contributed by atoms with Crippen LogP contribution in [0, 0.1) is 0 Å². The van der Waals surface area contributed by atoms with Crippen molar-refractivity contribution in [1.29, 1.82) is 0 Å². The predicted molar refractivity (Wildman–Crippen MR) is 161 cm³/mol. The standard InChI is InChI=1S/C31H35Cl2N5O4/c1-41-24-5-2-4-23(19-24)38-21-34-29(40)31(38)11-15-36(16-12-31)14-3-9-30(22-6-7-25(32)26(33)18-22)10-17-37(20-30)28(39)27-8-13-35-42-27/h2,4-8,13,18-19H,3,9-12,14-17,20-21H2,1H3,(H,34,40). The summed E-state index contributed by atoms with van der Waals surface area (Å²) < 4.78 is 10.6. The molecule has 11 heteroatoms. The van der Waals surface area contributed by atoms with Crippen LogP contribution in [-0.4, -0.2) is 78.8 Å². The molecule has 3 aliphatic heterocycles. The van der Waals surface area contributed by atoms with Crippen molar-refractivity contribution in [2.45, 2.75) is 43.1 Å². The zero-order chi connectivity index (χ0) is 29.3. The Hall–Kier alpha value is -3.27. The molecule has 1 unspecified atom stereocenters. The van der Waals surface area contributed by atoms with Crippen molar-refractivity contribution in [3.63, 3.8) is 0 Å². The molecule has 0 saturated carbocycles. The van der Waals surface area contributed by atoms with E-state index in [-0.39, 0.29) is 23.0 Å². The van der Waals surface area contributed by atoms with E-state index >= 15 is 0 Å². The zero-order valence-electron chi connectivity index (χ0n) is 23.7. The van der Waals surface area contributed by atoms with Crippen molar-refractivity contribution in [3.8, 4) is 5.75 Å². The van der Waals surface area contributed by atoms with Crippen LogP contribution in [0.5, 0.6) is 5.75 Å². The molecule has 0 radical (unpaired) electrons. The molecule has 2 aromatic carbocycles. The highest BCUT2D eigenvalue weighted by Crippen LogP contribution is 2.42. The first kappa shape index (κ1) is 28.8. The minimum atomic E-state index is -0.544. The van der Waals surface area contributed by atoms with Gasteiger partial charge in [0.15, 0.2) is 0 Å². The number of aromatic nitrogens is 1. The van der Waals surface area contributed by atoms with Crippen molar-refractivity contribution >= 4 is 40.7 Å². The first-order valence-electron chi connectivity index (χ1n) is 14.4. The summed E-state index contributed by atoms with van der Waals surface area (Å²) in [6.07, 6.45) is 5.67. The molecular weight excluding hydrogens is 577 g/mol. The van der Waals surface area contributed by atoms with Crippen LogP contribution in [0.15, 0.2) is 59.3 Å². The van der Waals surface area contributed by atoms with Gasteiger partial charge in [0.1, 0.15) is 11.3 Å². The topological polar surface area (TPSA) is 91.2 Å². The molecule has 9 nitrogen and oxygen atoms in total. The number of ether oxygens (including phenoxy) is 1. The maximum absolute atomic E-state index is 13.1. The van der Waals surface area contributed by atoms with Gasteiger partial charge in [0, 0.05) is 49.4 Å². The Kier molecular flexibility index (Phi) is 8.09. The smallest absolute Gasteiger partial charge is 0.292 e. The predicted octanol–water partition coefficient (Wildman–Crippen LogP) is 4.98. The van der Waals surface area contributed by atoms with Gasteiger partial charge < -0.3 is 29.3 Å². The normalized spacial score (nSPS) is 22.1. The highest BCUT2D eigenvalue weighted by Gasteiger charge is 2.50. The lowest BCUT2D eigenvalue weighted by atomic mass is 9.76. The Morgan fingerprint density at radius 3 is 2.64 bits per heavy atom. The van der Waals surface area contributed by atoms with Crippen LogP contribution in [0.4, 0.5) is 5.69 Å². The number of benzene rings is 2. The largest absolute Gasteiger partial charge is 0.497 e. The van der Waals surface area contributed by atoms with Gasteiger partial charge in [-0.3, -0.25) is 9.59 Å². The Balaban J connectivity index is 1.12. The Morgan fingerprint density at radius 2 is 1.90 bits per heavy atom. The van der Waals surface area contributed by atoms with Crippen molar-refractivity contribution in [2.75, 3.05) is 51.4 Å². The molecule has 3 aromatic rings. The van der Waals surface area contributed by atoms with Crippen LogP contribution >= 0.6 is 23.2 Å². The lowest BCUT2D eigenvalue weighted by molar-refractivity contribution is -0.125. The third kappa shape index (κ3) is 5.34. The number of likely N-dealkylation sites (tertiary alicyclic amines) is 2. The molecular formula is C31H35Cl2N5O4. The van der Waals surface area contributed by atoms with Gasteiger partial charge in [-0.05, 0) is 68.5 Å². The van der Waals surface area contributed by atoms with Crippen LogP contribution in [0.25, 0.3) is 0 Å². The molecule has 3 fully saturated rings. The Bertz CT molecular complexity index is 1440. The molecule has 0 bridgehead atoms. The number of rotatable bonds is 8. The third-order valence-electron chi connectivity index (χ3n) is 9.34. The van der Waals surface area contributed by atoms with Crippen LogP contribution in [0.3, 0.4) is 0 Å². The molecule has 1 aromatic heterocycles. The monoisotopic (exact) mass is 611 g/mol. The summed E-state index contributed by atoms with van der Waals surface area (Å²) in [5.41, 5.74) is 1.31. The molecule has 222 valence electrons. The molecule has 0 aliphatic carbocycles. The second-order valence-corrected chi connectivity index (χ2v) is 12.3. The van der Waals surface area contributed by atoms with Gasteiger partial charge in [0.2, 0.25) is 11.7 Å². The van der Waals surface area contributed by atoms with E-state index < -0.39 is 5.54 Å². The van der Waals surface area contributed by atoms with E-state index in [0.29, 0.717) is 29.8 Å². The molecule has 3 aliphatic rings. The quantitative estimate of drug-likeness (QED) is 0.384. The number of halogens is 2. The van der Waals surface area contributed by atoms with Crippen LogP contribution in [0.1, 0.15) is 48.2 Å². The lowest BCUT2D eigenvalue weighted by Crippen LogP contribution is -2.56. The number of amides is 2. The van der Waals surface area contributed by atoms with Gasteiger partial charge in [-0.1, -0.05) is 40.5 Å². The van der Waals surface area contributed by atoms with E-state index in [1.54, 1.807) is 13.2 Å². The lowest BCUT2D eigenvalue weighted by Gasteiger charge is -2.43. The van der Waals surface area contributed by atoms with Crippen LogP contribution < -0.4 is 15.0 Å². The van der Waals surface area contributed by atoms with Crippen molar-refractivity contribution < 1.29 is 18.8 Å². The van der Waals surface area contributed by atoms with E-state index in [2.05, 4.69) is 20.3 Å². The molecule has 1 atom stereocenters. The van der Waals surface area contributed by atoms with Gasteiger partial charge in [0.25, 0.3) is 5.91 Å². The molecule has 1 N–H and O–H groups in total.